The monoisotopic (exact) mass is 528 g/mol. The third kappa shape index (κ3) is 4.77. The lowest BCUT2D eigenvalue weighted by Crippen LogP contribution is -2.36. The number of hydrogen-bond donors (Lipinski definition) is 0. The van der Waals surface area contributed by atoms with Crippen molar-refractivity contribution in [3.8, 4) is 17.1 Å². The average molecular weight is 529 g/mol. The van der Waals surface area contributed by atoms with Gasteiger partial charge in [-0.3, -0.25) is 14.3 Å². The second-order valence-electron chi connectivity index (χ2n) is 8.50. The molecule has 0 atom stereocenters. The van der Waals surface area contributed by atoms with Crippen molar-refractivity contribution in [2.75, 3.05) is 6.54 Å². The molecule has 0 N–H and O–H groups in total. The van der Waals surface area contributed by atoms with E-state index in [2.05, 4.69) is 32.3 Å². The molecule has 0 saturated carbocycles. The number of para-hydroxylation sites is 1. The fraction of sp³-hybridized carbons (Fsp3) is 0.148. The number of pyridine rings is 1. The van der Waals surface area contributed by atoms with E-state index in [0.717, 1.165) is 17.0 Å². The van der Waals surface area contributed by atoms with Crippen LogP contribution in [0, 0.1) is 5.82 Å². The Balaban J connectivity index is 1.22. The number of fused-ring (bicyclic) bond motifs is 1. The Hall–Kier alpha value is -3.89. The molecule has 7 nitrogen and oxygen atoms in total. The van der Waals surface area contributed by atoms with Crippen LogP contribution in [0.5, 0.6) is 0 Å². The quantitative estimate of drug-likeness (QED) is 0.274. The van der Waals surface area contributed by atoms with Crippen molar-refractivity contribution in [1.82, 2.24) is 29.6 Å². The largest absolute Gasteiger partial charge is 0.333 e. The fourth-order valence-corrected chi connectivity index (χ4v) is 6.06. The number of carbonyl (C=O) groups is 1. The number of carbonyl (C=O) groups excluding carboxylic acids is 1. The van der Waals surface area contributed by atoms with E-state index in [1.807, 2.05) is 23.1 Å². The average Bonchev–Trinajstić information content (AvgIpc) is 3.59. The zero-order valence-corrected chi connectivity index (χ0v) is 21.3. The Morgan fingerprint density at radius 1 is 1.03 bits per heavy atom. The van der Waals surface area contributed by atoms with Crippen LogP contribution in [0.1, 0.15) is 26.6 Å². The third-order valence-corrected chi connectivity index (χ3v) is 8.13. The van der Waals surface area contributed by atoms with Crippen LogP contribution in [0.15, 0.2) is 83.6 Å². The molecule has 184 valence electrons. The van der Waals surface area contributed by atoms with Gasteiger partial charge in [-0.2, -0.15) is 0 Å². The molecule has 3 aromatic heterocycles. The van der Waals surface area contributed by atoms with Crippen LogP contribution in [0.4, 0.5) is 4.39 Å². The summed E-state index contributed by atoms with van der Waals surface area (Å²) in [5.74, 6) is 0.538. The van der Waals surface area contributed by atoms with E-state index in [0.29, 0.717) is 41.2 Å². The first-order valence-electron chi connectivity index (χ1n) is 11.7. The van der Waals surface area contributed by atoms with Gasteiger partial charge in [0.15, 0.2) is 11.0 Å². The highest BCUT2D eigenvalue weighted by molar-refractivity contribution is 7.98. The number of hydrogen-bond acceptors (Lipinski definition) is 7. The fourth-order valence-electron chi connectivity index (χ4n) is 4.33. The molecule has 5 aromatic rings. The van der Waals surface area contributed by atoms with Gasteiger partial charge < -0.3 is 4.90 Å². The van der Waals surface area contributed by atoms with Crippen molar-refractivity contribution in [1.29, 1.82) is 0 Å². The number of thioether (sulfide) groups is 1. The molecular formula is C27H21FN6OS2. The number of aromatic nitrogens is 5. The summed E-state index contributed by atoms with van der Waals surface area (Å²) in [5.41, 5.74) is 4.02. The van der Waals surface area contributed by atoms with Gasteiger partial charge in [-0.1, -0.05) is 48.2 Å². The van der Waals surface area contributed by atoms with Gasteiger partial charge in [-0.05, 0) is 41.8 Å². The Morgan fingerprint density at radius 3 is 2.70 bits per heavy atom. The molecule has 1 aliphatic heterocycles. The Bertz CT molecular complexity index is 1570. The first-order chi connectivity index (χ1) is 18.2. The van der Waals surface area contributed by atoms with Crippen LogP contribution in [0.3, 0.4) is 0 Å². The van der Waals surface area contributed by atoms with Crippen molar-refractivity contribution in [3.63, 3.8) is 0 Å². The number of thiazole rings is 1. The molecule has 0 spiro atoms. The van der Waals surface area contributed by atoms with Gasteiger partial charge in [0.05, 0.1) is 11.4 Å². The first-order valence-corrected chi connectivity index (χ1v) is 13.6. The minimum absolute atomic E-state index is 0.0598. The van der Waals surface area contributed by atoms with Crippen molar-refractivity contribution >= 4 is 29.0 Å². The molecule has 1 amide bonds. The van der Waals surface area contributed by atoms with E-state index >= 15 is 0 Å². The Kier molecular flexibility index (Phi) is 6.50. The lowest BCUT2D eigenvalue weighted by molar-refractivity contribution is 0.0729. The maximum Gasteiger partial charge on any atom is 0.273 e. The van der Waals surface area contributed by atoms with Crippen molar-refractivity contribution in [3.05, 3.63) is 106 Å². The number of halogens is 1. The van der Waals surface area contributed by atoms with Gasteiger partial charge in [0.25, 0.3) is 5.91 Å². The Labute approximate surface area is 221 Å². The number of benzene rings is 2. The molecule has 0 radical (unpaired) electrons. The normalized spacial score (nSPS) is 12.9. The van der Waals surface area contributed by atoms with Gasteiger partial charge in [0.1, 0.15) is 16.5 Å². The molecule has 37 heavy (non-hydrogen) atoms. The van der Waals surface area contributed by atoms with Crippen LogP contribution < -0.4 is 0 Å². The minimum atomic E-state index is -0.375. The van der Waals surface area contributed by atoms with E-state index in [4.69, 9.17) is 0 Å². The minimum Gasteiger partial charge on any atom is -0.333 e. The van der Waals surface area contributed by atoms with Gasteiger partial charge in [-0.15, -0.1) is 21.5 Å². The van der Waals surface area contributed by atoms with Gasteiger partial charge in [0.2, 0.25) is 0 Å². The van der Waals surface area contributed by atoms with E-state index in [9.17, 15) is 9.18 Å². The molecule has 2 aromatic carbocycles. The van der Waals surface area contributed by atoms with E-state index in [1.54, 1.807) is 46.6 Å². The van der Waals surface area contributed by atoms with Gasteiger partial charge in [-0.25, -0.2) is 9.37 Å². The summed E-state index contributed by atoms with van der Waals surface area (Å²) in [4.78, 5) is 23.7. The van der Waals surface area contributed by atoms with E-state index < -0.39 is 0 Å². The number of nitrogens with zero attached hydrogens (tertiary/aromatic N) is 6. The highest BCUT2D eigenvalue weighted by Gasteiger charge is 2.24. The van der Waals surface area contributed by atoms with Crippen LogP contribution in [0.25, 0.3) is 17.1 Å². The molecule has 4 heterocycles. The molecule has 0 unspecified atom stereocenters. The summed E-state index contributed by atoms with van der Waals surface area (Å²) in [6.07, 6.45) is 4.19. The molecule has 0 saturated heterocycles. The first kappa shape index (κ1) is 23.5. The predicted octanol–water partition coefficient (Wildman–Crippen LogP) is 5.42. The standard InChI is InChI=1S/C27H21FN6OS2/c28-21-9-3-4-10-23(21)34-25(19-8-5-12-29-14-19)31-32-27(34)37-17-24-30-22(16-36-24)26(35)33-13-11-18-6-1-2-7-20(18)15-33/h1-10,12,14,16H,11,13,15,17H2. The molecular weight excluding hydrogens is 507 g/mol. The second-order valence-corrected chi connectivity index (χ2v) is 10.4. The highest BCUT2D eigenvalue weighted by Crippen LogP contribution is 2.31. The second kappa shape index (κ2) is 10.2. The molecule has 1 aliphatic rings. The summed E-state index contributed by atoms with van der Waals surface area (Å²) < 4.78 is 16.5. The maximum absolute atomic E-state index is 14.8. The predicted molar refractivity (Wildman–Crippen MR) is 141 cm³/mol. The molecule has 10 heteroatoms. The summed E-state index contributed by atoms with van der Waals surface area (Å²) in [5, 5.41) is 11.8. The van der Waals surface area contributed by atoms with Crippen LogP contribution in [-0.2, 0) is 18.7 Å². The number of amides is 1. The molecule has 6 rings (SSSR count). The van der Waals surface area contributed by atoms with E-state index in [1.165, 1.54) is 40.3 Å². The topological polar surface area (TPSA) is 76.8 Å². The third-order valence-electron chi connectivity index (χ3n) is 6.16. The summed E-state index contributed by atoms with van der Waals surface area (Å²) in [7, 11) is 0. The number of rotatable bonds is 6. The van der Waals surface area contributed by atoms with Crippen molar-refractivity contribution in [2.45, 2.75) is 23.9 Å². The van der Waals surface area contributed by atoms with Gasteiger partial charge >= 0.3 is 0 Å². The SMILES string of the molecule is O=C(c1csc(CSc2nnc(-c3cccnc3)n2-c2ccccc2F)n1)N1CCc2ccccc2C1. The van der Waals surface area contributed by atoms with Crippen LogP contribution in [0.2, 0.25) is 0 Å². The smallest absolute Gasteiger partial charge is 0.273 e. The van der Waals surface area contributed by atoms with Gasteiger partial charge in [0, 0.05) is 36.4 Å². The van der Waals surface area contributed by atoms with E-state index in [-0.39, 0.29) is 11.7 Å². The van der Waals surface area contributed by atoms with Crippen LogP contribution in [-0.4, -0.2) is 42.1 Å². The van der Waals surface area contributed by atoms with Crippen molar-refractivity contribution < 1.29 is 9.18 Å². The zero-order valence-electron chi connectivity index (χ0n) is 19.6. The van der Waals surface area contributed by atoms with Crippen molar-refractivity contribution in [2.24, 2.45) is 0 Å². The lowest BCUT2D eigenvalue weighted by Gasteiger charge is -2.28. The molecule has 0 fully saturated rings. The lowest BCUT2D eigenvalue weighted by atomic mass is 10.00. The molecule has 0 bridgehead atoms. The summed E-state index contributed by atoms with van der Waals surface area (Å²) in [6.45, 7) is 1.28. The molecule has 0 aliphatic carbocycles. The Morgan fingerprint density at radius 2 is 1.86 bits per heavy atom. The van der Waals surface area contributed by atoms with Crippen LogP contribution >= 0.6 is 23.1 Å². The summed E-state index contributed by atoms with van der Waals surface area (Å²) >= 11 is 2.83. The zero-order chi connectivity index (χ0) is 25.2. The summed E-state index contributed by atoms with van der Waals surface area (Å²) in [6, 6.07) is 18.4. The maximum atomic E-state index is 14.8. The highest BCUT2D eigenvalue weighted by atomic mass is 32.2.